The summed E-state index contributed by atoms with van der Waals surface area (Å²) in [6.07, 6.45) is 3.15. The Labute approximate surface area is 164 Å². The topological polar surface area (TPSA) is 134 Å². The normalized spacial score (nSPS) is 11.3. The van der Waals surface area contributed by atoms with Gasteiger partial charge in [-0.15, -0.1) is 0 Å². The summed E-state index contributed by atoms with van der Waals surface area (Å²) in [6.45, 7) is 0. The van der Waals surface area contributed by atoms with E-state index in [2.05, 4.69) is 19.7 Å². The number of fused-ring (bicyclic) bond motifs is 1. The second-order valence-electron chi connectivity index (χ2n) is 6.04. The molecule has 0 aliphatic heterocycles. The fraction of sp³-hybridized carbons (Fsp3) is 0. The van der Waals surface area contributed by atoms with Crippen molar-refractivity contribution in [2.45, 2.75) is 4.90 Å². The van der Waals surface area contributed by atoms with Gasteiger partial charge in [0, 0.05) is 12.3 Å². The number of aromatic amines is 2. The SMILES string of the molecule is O=c1[nH]c(=O)c2cc(S(=O)(=O)Nc3cccc(Oc4cccnc4)c3)ccc2[nH]1. The van der Waals surface area contributed by atoms with Crippen LogP contribution in [0, 0.1) is 0 Å². The highest BCUT2D eigenvalue weighted by Crippen LogP contribution is 2.25. The molecule has 0 bridgehead atoms. The van der Waals surface area contributed by atoms with Gasteiger partial charge in [0.25, 0.3) is 15.6 Å². The number of nitrogens with one attached hydrogen (secondary N) is 3. The number of hydrogen-bond acceptors (Lipinski definition) is 6. The molecule has 0 spiro atoms. The minimum absolute atomic E-state index is 0.0566. The highest BCUT2D eigenvalue weighted by atomic mass is 32.2. The molecule has 0 aliphatic rings. The zero-order valence-electron chi connectivity index (χ0n) is 14.7. The molecular formula is C19H14N4O5S. The molecule has 3 N–H and O–H groups in total. The maximum atomic E-state index is 12.7. The standard InChI is InChI=1S/C19H14N4O5S/c24-18-16-10-15(6-7-17(16)21-19(25)22-18)29(26,27)23-12-3-1-4-13(9-12)28-14-5-2-8-20-11-14/h1-11,23H,(H2,21,22,24,25). The minimum atomic E-state index is -3.98. The number of rotatable bonds is 5. The fourth-order valence-corrected chi connectivity index (χ4v) is 3.77. The Kier molecular flexibility index (Phi) is 4.61. The van der Waals surface area contributed by atoms with E-state index in [1.807, 2.05) is 0 Å². The Morgan fingerprint density at radius 3 is 2.55 bits per heavy atom. The summed E-state index contributed by atoms with van der Waals surface area (Å²) >= 11 is 0. The Morgan fingerprint density at radius 1 is 0.931 bits per heavy atom. The lowest BCUT2D eigenvalue weighted by Crippen LogP contribution is -2.22. The van der Waals surface area contributed by atoms with Gasteiger partial charge in [0.05, 0.1) is 27.7 Å². The molecule has 9 nitrogen and oxygen atoms in total. The smallest absolute Gasteiger partial charge is 0.326 e. The van der Waals surface area contributed by atoms with Gasteiger partial charge < -0.3 is 9.72 Å². The van der Waals surface area contributed by atoms with Crippen molar-refractivity contribution in [3.63, 3.8) is 0 Å². The summed E-state index contributed by atoms with van der Waals surface area (Å²) in [7, 11) is -3.98. The fourth-order valence-electron chi connectivity index (χ4n) is 2.69. The largest absolute Gasteiger partial charge is 0.456 e. The van der Waals surface area contributed by atoms with Crippen LogP contribution in [0.5, 0.6) is 11.5 Å². The molecule has 0 amide bonds. The van der Waals surface area contributed by atoms with Gasteiger partial charge in [0.15, 0.2) is 0 Å². The number of sulfonamides is 1. The van der Waals surface area contributed by atoms with Crippen LogP contribution >= 0.6 is 0 Å². The average Bonchev–Trinajstić information content (AvgIpc) is 2.68. The van der Waals surface area contributed by atoms with E-state index in [1.165, 1.54) is 30.5 Å². The third-order valence-corrected chi connectivity index (χ3v) is 5.36. The van der Waals surface area contributed by atoms with Gasteiger partial charge in [-0.1, -0.05) is 6.07 Å². The molecule has 0 saturated carbocycles. The van der Waals surface area contributed by atoms with E-state index in [1.54, 1.807) is 36.5 Å². The predicted molar refractivity (Wildman–Crippen MR) is 107 cm³/mol. The number of anilines is 1. The Bertz CT molecular complexity index is 1410. The van der Waals surface area contributed by atoms with E-state index in [-0.39, 0.29) is 21.5 Å². The Hall–Kier alpha value is -3.92. The monoisotopic (exact) mass is 410 g/mol. The molecule has 0 saturated heterocycles. The summed E-state index contributed by atoms with van der Waals surface area (Å²) in [6, 6.07) is 13.7. The maximum Gasteiger partial charge on any atom is 0.326 e. The molecule has 29 heavy (non-hydrogen) atoms. The average molecular weight is 410 g/mol. The molecule has 2 aromatic carbocycles. The summed E-state index contributed by atoms with van der Waals surface area (Å²) < 4.78 is 33.6. The van der Waals surface area contributed by atoms with Crippen LogP contribution in [0.1, 0.15) is 0 Å². The number of H-pyrrole nitrogens is 2. The molecule has 0 unspecified atom stereocenters. The van der Waals surface area contributed by atoms with Crippen molar-refractivity contribution in [2.24, 2.45) is 0 Å². The van der Waals surface area contributed by atoms with Crippen LogP contribution in [0.15, 0.2) is 81.5 Å². The number of nitrogens with zero attached hydrogens (tertiary/aromatic N) is 1. The first-order valence-corrected chi connectivity index (χ1v) is 9.86. The predicted octanol–water partition coefficient (Wildman–Crippen LogP) is 2.20. The molecular weight excluding hydrogens is 396 g/mol. The van der Waals surface area contributed by atoms with E-state index in [0.29, 0.717) is 11.5 Å². The van der Waals surface area contributed by atoms with Gasteiger partial charge in [0.1, 0.15) is 11.5 Å². The number of benzene rings is 2. The van der Waals surface area contributed by atoms with Gasteiger partial charge >= 0.3 is 5.69 Å². The van der Waals surface area contributed by atoms with E-state index in [0.717, 1.165) is 0 Å². The van der Waals surface area contributed by atoms with Crippen LogP contribution in [-0.4, -0.2) is 23.4 Å². The van der Waals surface area contributed by atoms with Gasteiger partial charge in [-0.3, -0.25) is 19.5 Å². The Balaban J connectivity index is 1.64. The van der Waals surface area contributed by atoms with E-state index in [4.69, 9.17) is 4.74 Å². The molecule has 2 aromatic heterocycles. The van der Waals surface area contributed by atoms with E-state index in [9.17, 15) is 18.0 Å². The molecule has 0 aliphatic carbocycles. The minimum Gasteiger partial charge on any atom is -0.456 e. The first-order chi connectivity index (χ1) is 13.9. The Morgan fingerprint density at radius 2 is 1.76 bits per heavy atom. The first-order valence-electron chi connectivity index (χ1n) is 8.38. The molecule has 0 fully saturated rings. The highest BCUT2D eigenvalue weighted by Gasteiger charge is 2.16. The van der Waals surface area contributed by atoms with Crippen LogP contribution in [0.25, 0.3) is 10.9 Å². The van der Waals surface area contributed by atoms with Gasteiger partial charge in [0.2, 0.25) is 0 Å². The van der Waals surface area contributed by atoms with Crippen molar-refractivity contribution >= 4 is 26.6 Å². The lowest BCUT2D eigenvalue weighted by molar-refractivity contribution is 0.480. The number of ether oxygens (including phenoxy) is 1. The second kappa shape index (κ2) is 7.24. The summed E-state index contributed by atoms with van der Waals surface area (Å²) in [5, 5.41) is 0.0566. The third kappa shape index (κ3) is 4.01. The van der Waals surface area contributed by atoms with Gasteiger partial charge in [-0.05, 0) is 42.5 Å². The van der Waals surface area contributed by atoms with Crippen LogP contribution < -0.4 is 20.7 Å². The lowest BCUT2D eigenvalue weighted by atomic mass is 10.2. The summed E-state index contributed by atoms with van der Waals surface area (Å²) in [4.78, 5) is 31.6. The summed E-state index contributed by atoms with van der Waals surface area (Å²) in [5.41, 5.74) is -0.819. The number of hydrogen-bond donors (Lipinski definition) is 3. The lowest BCUT2D eigenvalue weighted by Gasteiger charge is -2.11. The number of aromatic nitrogens is 3. The van der Waals surface area contributed by atoms with Crippen LogP contribution in [0.4, 0.5) is 5.69 Å². The molecule has 4 rings (SSSR count). The molecule has 146 valence electrons. The van der Waals surface area contributed by atoms with Crippen molar-refractivity contribution in [1.29, 1.82) is 0 Å². The number of pyridine rings is 1. The van der Waals surface area contributed by atoms with Crippen LogP contribution in [0.3, 0.4) is 0 Å². The van der Waals surface area contributed by atoms with Gasteiger partial charge in [-0.2, -0.15) is 0 Å². The zero-order chi connectivity index (χ0) is 20.4. The van der Waals surface area contributed by atoms with Crippen LogP contribution in [0.2, 0.25) is 0 Å². The van der Waals surface area contributed by atoms with Crippen molar-refractivity contribution in [3.05, 3.63) is 87.8 Å². The quantitative estimate of drug-likeness (QED) is 0.462. The van der Waals surface area contributed by atoms with Gasteiger partial charge in [-0.25, -0.2) is 13.2 Å². The third-order valence-electron chi connectivity index (χ3n) is 3.98. The zero-order valence-corrected chi connectivity index (χ0v) is 15.6. The molecule has 2 heterocycles. The second-order valence-corrected chi connectivity index (χ2v) is 7.72. The van der Waals surface area contributed by atoms with E-state index >= 15 is 0 Å². The summed E-state index contributed by atoms with van der Waals surface area (Å²) in [5.74, 6) is 0.931. The highest BCUT2D eigenvalue weighted by molar-refractivity contribution is 7.92. The van der Waals surface area contributed by atoms with Crippen molar-refractivity contribution in [3.8, 4) is 11.5 Å². The van der Waals surface area contributed by atoms with Crippen molar-refractivity contribution < 1.29 is 13.2 Å². The van der Waals surface area contributed by atoms with Crippen LogP contribution in [-0.2, 0) is 10.0 Å². The maximum absolute atomic E-state index is 12.7. The molecule has 4 aromatic rings. The van der Waals surface area contributed by atoms with E-state index < -0.39 is 21.3 Å². The molecule has 0 atom stereocenters. The van der Waals surface area contributed by atoms with Crippen molar-refractivity contribution in [2.75, 3.05) is 4.72 Å². The van der Waals surface area contributed by atoms with Crippen molar-refractivity contribution in [1.82, 2.24) is 15.0 Å². The molecule has 10 heteroatoms. The first kappa shape index (κ1) is 18.4. The molecule has 0 radical (unpaired) electrons.